The Morgan fingerprint density at radius 2 is 1.81 bits per heavy atom. The van der Waals surface area contributed by atoms with E-state index in [9.17, 15) is 18.0 Å². The Hall–Kier alpha value is -2.66. The van der Waals surface area contributed by atoms with Crippen LogP contribution >= 0.6 is 0 Å². The van der Waals surface area contributed by atoms with Gasteiger partial charge in [-0.1, -0.05) is 5.16 Å². The Morgan fingerprint density at radius 1 is 1.10 bits per heavy atom. The maximum atomic E-state index is 13.1. The first-order valence-corrected chi connectivity index (χ1v) is 11.8. The Bertz CT molecular complexity index is 1030. The Labute approximate surface area is 180 Å². The molecule has 2 fully saturated rings. The smallest absolute Gasteiger partial charge is 0.289 e. The summed E-state index contributed by atoms with van der Waals surface area (Å²) in [5.74, 6) is -0.123. The second-order valence-electron chi connectivity index (χ2n) is 7.95. The molecule has 0 aromatic carbocycles. The lowest BCUT2D eigenvalue weighted by Gasteiger charge is -2.38. The largest absolute Gasteiger partial charge is 0.459 e. The highest BCUT2D eigenvalue weighted by molar-refractivity contribution is 7.89. The molecule has 4 rings (SSSR count). The lowest BCUT2D eigenvalue weighted by atomic mass is 9.97. The molecule has 1 unspecified atom stereocenters. The van der Waals surface area contributed by atoms with Crippen molar-refractivity contribution in [3.8, 4) is 0 Å². The van der Waals surface area contributed by atoms with Gasteiger partial charge in [0, 0.05) is 39.3 Å². The van der Waals surface area contributed by atoms with E-state index in [1.54, 1.807) is 35.8 Å². The average Bonchev–Trinajstić information content (AvgIpc) is 3.43. The number of aromatic nitrogens is 1. The minimum absolute atomic E-state index is 0.0660. The maximum absolute atomic E-state index is 13.1. The minimum Gasteiger partial charge on any atom is -0.459 e. The number of piperidine rings is 1. The maximum Gasteiger partial charge on any atom is 0.289 e. The third-order valence-electron chi connectivity index (χ3n) is 5.91. The van der Waals surface area contributed by atoms with E-state index in [0.717, 1.165) is 0 Å². The zero-order valence-electron chi connectivity index (χ0n) is 17.6. The van der Waals surface area contributed by atoms with Crippen molar-refractivity contribution in [3.63, 3.8) is 0 Å². The van der Waals surface area contributed by atoms with Crippen LogP contribution < -0.4 is 0 Å². The van der Waals surface area contributed by atoms with Gasteiger partial charge in [0.25, 0.3) is 5.91 Å². The minimum atomic E-state index is -3.78. The number of piperazine rings is 1. The predicted molar refractivity (Wildman–Crippen MR) is 109 cm³/mol. The van der Waals surface area contributed by atoms with E-state index >= 15 is 0 Å². The first-order chi connectivity index (χ1) is 14.8. The molecule has 168 valence electrons. The van der Waals surface area contributed by atoms with E-state index in [0.29, 0.717) is 51.3 Å². The molecule has 0 saturated carbocycles. The molecule has 4 heterocycles. The lowest BCUT2D eigenvalue weighted by Crippen LogP contribution is -2.54. The monoisotopic (exact) mass is 450 g/mol. The molecule has 2 saturated heterocycles. The topological polar surface area (TPSA) is 117 Å². The van der Waals surface area contributed by atoms with E-state index in [1.165, 1.54) is 10.6 Å². The SMILES string of the molecule is Cc1noc(C)c1S(=O)(=O)N1CCCC(C(=O)N2CCN(C(=O)c3ccco3)CC2)C1. The summed E-state index contributed by atoms with van der Waals surface area (Å²) in [4.78, 5) is 29.0. The number of carbonyl (C=O) groups is 2. The van der Waals surface area contributed by atoms with Gasteiger partial charge in [-0.05, 0) is 38.8 Å². The summed E-state index contributed by atoms with van der Waals surface area (Å²) in [6, 6.07) is 3.29. The van der Waals surface area contributed by atoms with Gasteiger partial charge in [-0.2, -0.15) is 4.31 Å². The Kier molecular flexibility index (Phi) is 5.89. The van der Waals surface area contributed by atoms with Crippen LogP contribution in [0.4, 0.5) is 0 Å². The molecule has 2 aliphatic heterocycles. The number of hydrogen-bond acceptors (Lipinski definition) is 7. The van der Waals surface area contributed by atoms with Crippen LogP contribution in [-0.2, 0) is 14.8 Å². The molecule has 2 amide bonds. The normalized spacial score (nSPS) is 20.8. The van der Waals surface area contributed by atoms with Crippen molar-refractivity contribution in [1.29, 1.82) is 0 Å². The van der Waals surface area contributed by atoms with E-state index in [4.69, 9.17) is 8.94 Å². The van der Waals surface area contributed by atoms with Gasteiger partial charge in [0.1, 0.15) is 10.6 Å². The zero-order chi connectivity index (χ0) is 22.2. The van der Waals surface area contributed by atoms with Gasteiger partial charge in [-0.25, -0.2) is 8.42 Å². The summed E-state index contributed by atoms with van der Waals surface area (Å²) >= 11 is 0. The predicted octanol–water partition coefficient (Wildman–Crippen LogP) is 1.27. The van der Waals surface area contributed by atoms with Gasteiger partial charge in [-0.15, -0.1) is 0 Å². The molecule has 31 heavy (non-hydrogen) atoms. The zero-order valence-corrected chi connectivity index (χ0v) is 18.4. The summed E-state index contributed by atoms with van der Waals surface area (Å²) in [6.07, 6.45) is 2.70. The molecular weight excluding hydrogens is 424 g/mol. The standard InChI is InChI=1S/C20H26N4O6S/c1-14-18(15(2)30-21-14)31(27,28)24-7-3-5-16(13-24)19(25)22-8-10-23(11-9-22)20(26)17-6-4-12-29-17/h4,6,12,16H,3,5,7-11,13H2,1-2H3. The second-order valence-corrected chi connectivity index (χ2v) is 9.83. The van der Waals surface area contributed by atoms with Crippen LogP contribution in [0.1, 0.15) is 34.9 Å². The molecule has 1 atom stereocenters. The van der Waals surface area contributed by atoms with Crippen molar-refractivity contribution >= 4 is 21.8 Å². The molecule has 0 aliphatic carbocycles. The average molecular weight is 451 g/mol. The first kappa shape index (κ1) is 21.6. The highest BCUT2D eigenvalue weighted by atomic mass is 32.2. The van der Waals surface area contributed by atoms with Crippen molar-refractivity contribution < 1.29 is 26.9 Å². The molecule has 0 N–H and O–H groups in total. The number of rotatable bonds is 4. The van der Waals surface area contributed by atoms with Gasteiger partial charge in [0.15, 0.2) is 11.5 Å². The van der Waals surface area contributed by atoms with Gasteiger partial charge in [0.2, 0.25) is 15.9 Å². The number of sulfonamides is 1. The number of amides is 2. The van der Waals surface area contributed by atoms with Gasteiger partial charge < -0.3 is 18.7 Å². The first-order valence-electron chi connectivity index (χ1n) is 10.3. The summed E-state index contributed by atoms with van der Waals surface area (Å²) < 4.78 is 37.8. The lowest BCUT2D eigenvalue weighted by molar-refractivity contribution is -0.138. The van der Waals surface area contributed by atoms with E-state index in [2.05, 4.69) is 5.16 Å². The van der Waals surface area contributed by atoms with Gasteiger partial charge in [0.05, 0.1) is 12.2 Å². The van der Waals surface area contributed by atoms with Crippen molar-refractivity contribution in [3.05, 3.63) is 35.6 Å². The van der Waals surface area contributed by atoms with Crippen molar-refractivity contribution in [1.82, 2.24) is 19.3 Å². The van der Waals surface area contributed by atoms with Crippen molar-refractivity contribution in [2.24, 2.45) is 5.92 Å². The molecule has 11 heteroatoms. The van der Waals surface area contributed by atoms with Crippen molar-refractivity contribution in [2.45, 2.75) is 31.6 Å². The van der Waals surface area contributed by atoms with Crippen LogP contribution in [0.25, 0.3) is 0 Å². The number of carbonyl (C=O) groups excluding carboxylic acids is 2. The van der Waals surface area contributed by atoms with E-state index in [-0.39, 0.29) is 34.8 Å². The molecule has 2 aromatic rings. The fourth-order valence-corrected chi connectivity index (χ4v) is 6.09. The fourth-order valence-electron chi connectivity index (χ4n) is 4.28. The summed E-state index contributed by atoms with van der Waals surface area (Å²) in [7, 11) is -3.78. The molecule has 0 spiro atoms. The third kappa shape index (κ3) is 4.11. The van der Waals surface area contributed by atoms with E-state index in [1.807, 2.05) is 0 Å². The molecule has 2 aromatic heterocycles. The van der Waals surface area contributed by atoms with E-state index < -0.39 is 15.9 Å². The Morgan fingerprint density at radius 3 is 2.42 bits per heavy atom. The highest BCUT2D eigenvalue weighted by Gasteiger charge is 2.38. The molecule has 10 nitrogen and oxygen atoms in total. The number of furan rings is 1. The molecular formula is C20H26N4O6S. The highest BCUT2D eigenvalue weighted by Crippen LogP contribution is 2.28. The fraction of sp³-hybridized carbons (Fsp3) is 0.550. The van der Waals surface area contributed by atoms with Crippen LogP contribution in [0.15, 0.2) is 32.2 Å². The van der Waals surface area contributed by atoms with Crippen LogP contribution in [0.2, 0.25) is 0 Å². The van der Waals surface area contributed by atoms with Crippen LogP contribution in [0, 0.1) is 19.8 Å². The van der Waals surface area contributed by atoms with Crippen LogP contribution in [0.3, 0.4) is 0 Å². The summed E-state index contributed by atoms with van der Waals surface area (Å²) in [6.45, 7) is 5.33. The van der Waals surface area contributed by atoms with Gasteiger partial charge >= 0.3 is 0 Å². The number of aryl methyl sites for hydroxylation is 2. The van der Waals surface area contributed by atoms with Crippen molar-refractivity contribution in [2.75, 3.05) is 39.3 Å². The third-order valence-corrected chi connectivity index (χ3v) is 8.02. The second kappa shape index (κ2) is 8.46. The molecule has 0 radical (unpaired) electrons. The summed E-state index contributed by atoms with van der Waals surface area (Å²) in [5.41, 5.74) is 0.322. The molecule has 2 aliphatic rings. The van der Waals surface area contributed by atoms with Gasteiger partial charge in [-0.3, -0.25) is 9.59 Å². The Balaban J connectivity index is 1.39. The number of nitrogens with zero attached hydrogens (tertiary/aromatic N) is 4. The van der Waals surface area contributed by atoms with Crippen LogP contribution in [-0.4, -0.2) is 78.8 Å². The number of hydrogen-bond donors (Lipinski definition) is 0. The summed E-state index contributed by atoms with van der Waals surface area (Å²) in [5, 5.41) is 3.75. The van der Waals surface area contributed by atoms with Crippen LogP contribution in [0.5, 0.6) is 0 Å². The quantitative estimate of drug-likeness (QED) is 0.688. The molecule has 0 bridgehead atoms.